The predicted molar refractivity (Wildman–Crippen MR) is 79.6 cm³/mol. The second kappa shape index (κ2) is 5.53. The molecule has 0 saturated heterocycles. The van der Waals surface area contributed by atoms with Gasteiger partial charge in [-0.15, -0.1) is 0 Å². The van der Waals surface area contributed by atoms with Crippen molar-refractivity contribution < 1.29 is 0 Å². The average molecular weight is 270 g/mol. The van der Waals surface area contributed by atoms with Crippen LogP contribution in [0.4, 0.5) is 5.13 Å². The van der Waals surface area contributed by atoms with Crippen LogP contribution >= 0.6 is 11.5 Å². The van der Waals surface area contributed by atoms with Gasteiger partial charge in [-0.2, -0.15) is 4.37 Å². The van der Waals surface area contributed by atoms with E-state index in [1.807, 2.05) is 0 Å². The van der Waals surface area contributed by atoms with E-state index in [4.69, 9.17) is 0 Å². The predicted octanol–water partition coefficient (Wildman–Crippen LogP) is 2.66. The molecule has 1 N–H and O–H groups in total. The summed E-state index contributed by atoms with van der Waals surface area (Å²) >= 11 is 1.48. The van der Waals surface area contributed by atoms with Crippen LogP contribution in [0.1, 0.15) is 47.4 Å². The minimum atomic E-state index is 0.0270. The van der Waals surface area contributed by atoms with E-state index in [1.54, 1.807) is 0 Å². The number of nitrogens with one attached hydrogen (secondary N) is 1. The molecular formula is C13H26N4S. The molecule has 0 radical (unpaired) electrons. The van der Waals surface area contributed by atoms with Gasteiger partial charge >= 0.3 is 0 Å². The molecule has 1 aromatic rings. The molecule has 0 aliphatic heterocycles. The SMILES string of the molecule is CN(CCNC(C)(C)C)c1nc(C(C)(C)C)ns1. The first-order valence-corrected chi connectivity index (χ1v) is 7.17. The molecule has 0 unspecified atom stereocenters. The van der Waals surface area contributed by atoms with E-state index in [9.17, 15) is 0 Å². The molecule has 104 valence electrons. The summed E-state index contributed by atoms with van der Waals surface area (Å²) in [6.45, 7) is 14.8. The Bertz CT molecular complexity index is 373. The highest BCUT2D eigenvalue weighted by Crippen LogP contribution is 2.24. The van der Waals surface area contributed by atoms with Crippen LogP contribution < -0.4 is 10.2 Å². The number of anilines is 1. The van der Waals surface area contributed by atoms with Crippen molar-refractivity contribution in [2.45, 2.75) is 52.5 Å². The van der Waals surface area contributed by atoms with Crippen molar-refractivity contribution in [3.05, 3.63) is 5.82 Å². The summed E-state index contributed by atoms with van der Waals surface area (Å²) in [6.07, 6.45) is 0. The summed E-state index contributed by atoms with van der Waals surface area (Å²) in [7, 11) is 2.07. The van der Waals surface area contributed by atoms with Crippen molar-refractivity contribution >= 4 is 16.7 Å². The molecule has 18 heavy (non-hydrogen) atoms. The molecule has 1 aromatic heterocycles. The summed E-state index contributed by atoms with van der Waals surface area (Å²) in [5, 5.41) is 4.47. The molecule has 0 aromatic carbocycles. The zero-order valence-corrected chi connectivity index (χ0v) is 13.5. The first-order chi connectivity index (χ1) is 8.09. The molecule has 0 fully saturated rings. The minimum Gasteiger partial charge on any atom is -0.349 e. The van der Waals surface area contributed by atoms with E-state index in [-0.39, 0.29) is 11.0 Å². The maximum absolute atomic E-state index is 4.60. The molecular weight excluding hydrogens is 244 g/mol. The van der Waals surface area contributed by atoms with Crippen LogP contribution in [0.3, 0.4) is 0 Å². The number of hydrogen-bond donors (Lipinski definition) is 1. The minimum absolute atomic E-state index is 0.0270. The van der Waals surface area contributed by atoms with Gasteiger partial charge in [0.05, 0.1) is 0 Å². The third-order valence-corrected chi connectivity index (χ3v) is 3.35. The lowest BCUT2D eigenvalue weighted by Crippen LogP contribution is -2.40. The Labute approximate surface area is 115 Å². The molecule has 1 heterocycles. The highest BCUT2D eigenvalue weighted by Gasteiger charge is 2.20. The lowest BCUT2D eigenvalue weighted by Gasteiger charge is -2.23. The molecule has 0 amide bonds. The zero-order chi connectivity index (χ0) is 14.0. The van der Waals surface area contributed by atoms with Crippen molar-refractivity contribution in [3.8, 4) is 0 Å². The van der Waals surface area contributed by atoms with Crippen LogP contribution in [-0.2, 0) is 5.41 Å². The molecule has 1 rings (SSSR count). The molecule has 0 atom stereocenters. The molecule has 0 aliphatic carbocycles. The fraction of sp³-hybridized carbons (Fsp3) is 0.846. The van der Waals surface area contributed by atoms with Gasteiger partial charge in [0.1, 0.15) is 5.82 Å². The topological polar surface area (TPSA) is 41.0 Å². The normalized spacial score (nSPS) is 12.8. The van der Waals surface area contributed by atoms with E-state index >= 15 is 0 Å². The summed E-state index contributed by atoms with van der Waals surface area (Å²) in [5.74, 6) is 0.929. The Kier molecular flexibility index (Phi) is 4.72. The van der Waals surface area contributed by atoms with Crippen molar-refractivity contribution in [3.63, 3.8) is 0 Å². The maximum Gasteiger partial charge on any atom is 0.205 e. The van der Waals surface area contributed by atoms with Gasteiger partial charge < -0.3 is 10.2 Å². The maximum atomic E-state index is 4.60. The highest BCUT2D eigenvalue weighted by molar-refractivity contribution is 7.09. The number of rotatable bonds is 4. The molecule has 0 bridgehead atoms. The van der Waals surface area contributed by atoms with Gasteiger partial charge in [-0.1, -0.05) is 20.8 Å². The number of likely N-dealkylation sites (N-methyl/N-ethyl adjacent to an activating group) is 1. The molecule has 0 aliphatic rings. The lowest BCUT2D eigenvalue weighted by atomic mass is 9.96. The quantitative estimate of drug-likeness (QED) is 0.913. The summed E-state index contributed by atoms with van der Waals surface area (Å²) in [6, 6.07) is 0. The molecule has 4 nitrogen and oxygen atoms in total. The van der Waals surface area contributed by atoms with Crippen LogP contribution in [0.5, 0.6) is 0 Å². The Balaban J connectivity index is 2.52. The largest absolute Gasteiger partial charge is 0.349 e. The van der Waals surface area contributed by atoms with Crippen LogP contribution in [0, 0.1) is 0 Å². The van der Waals surface area contributed by atoms with Crippen molar-refractivity contribution in [1.82, 2.24) is 14.7 Å². The first kappa shape index (κ1) is 15.4. The van der Waals surface area contributed by atoms with Crippen molar-refractivity contribution in [2.24, 2.45) is 0 Å². The van der Waals surface area contributed by atoms with E-state index < -0.39 is 0 Å². The molecule has 0 saturated carbocycles. The molecule has 0 spiro atoms. The van der Waals surface area contributed by atoms with Crippen LogP contribution in [-0.4, -0.2) is 35.0 Å². The van der Waals surface area contributed by atoms with E-state index in [0.717, 1.165) is 24.0 Å². The molecule has 5 heteroatoms. The lowest BCUT2D eigenvalue weighted by molar-refractivity contribution is 0.431. The fourth-order valence-electron chi connectivity index (χ4n) is 1.37. The first-order valence-electron chi connectivity index (χ1n) is 6.40. The second-order valence-electron chi connectivity index (χ2n) is 6.75. The van der Waals surface area contributed by atoms with Gasteiger partial charge in [0.15, 0.2) is 0 Å². The Hall–Kier alpha value is -0.680. The van der Waals surface area contributed by atoms with Gasteiger partial charge in [0.25, 0.3) is 0 Å². The summed E-state index contributed by atoms with van der Waals surface area (Å²) in [4.78, 5) is 6.76. The number of nitrogens with zero attached hydrogens (tertiary/aromatic N) is 3. The standard InChI is InChI=1S/C13H26N4S/c1-12(2,3)10-15-11(18-16-10)17(7)9-8-14-13(4,5)6/h14H,8-9H2,1-7H3. The van der Waals surface area contributed by atoms with Gasteiger partial charge in [-0.3, -0.25) is 0 Å². The van der Waals surface area contributed by atoms with Gasteiger partial charge in [0, 0.05) is 42.6 Å². The van der Waals surface area contributed by atoms with Crippen molar-refractivity contribution in [1.29, 1.82) is 0 Å². The highest BCUT2D eigenvalue weighted by atomic mass is 32.1. The van der Waals surface area contributed by atoms with Crippen LogP contribution in [0.15, 0.2) is 0 Å². The Morgan fingerprint density at radius 1 is 1.17 bits per heavy atom. The monoisotopic (exact) mass is 270 g/mol. The van der Waals surface area contributed by atoms with Crippen LogP contribution in [0.2, 0.25) is 0 Å². The Morgan fingerprint density at radius 2 is 1.78 bits per heavy atom. The van der Waals surface area contributed by atoms with E-state index in [1.165, 1.54) is 11.5 Å². The number of hydrogen-bond acceptors (Lipinski definition) is 5. The summed E-state index contributed by atoms with van der Waals surface area (Å²) < 4.78 is 4.43. The third-order valence-electron chi connectivity index (χ3n) is 2.52. The number of aromatic nitrogens is 2. The van der Waals surface area contributed by atoms with E-state index in [0.29, 0.717) is 0 Å². The van der Waals surface area contributed by atoms with Gasteiger partial charge in [-0.25, -0.2) is 4.98 Å². The van der Waals surface area contributed by atoms with Crippen molar-refractivity contribution in [2.75, 3.05) is 25.0 Å². The average Bonchev–Trinajstić information content (AvgIpc) is 2.62. The summed E-state index contributed by atoms with van der Waals surface area (Å²) in [5.41, 5.74) is 0.192. The van der Waals surface area contributed by atoms with Gasteiger partial charge in [-0.05, 0) is 20.8 Å². The third kappa shape index (κ3) is 4.90. The van der Waals surface area contributed by atoms with E-state index in [2.05, 4.69) is 68.2 Å². The van der Waals surface area contributed by atoms with Gasteiger partial charge in [0.2, 0.25) is 5.13 Å². The fourth-order valence-corrected chi connectivity index (χ4v) is 2.21. The van der Waals surface area contributed by atoms with Crippen LogP contribution in [0.25, 0.3) is 0 Å². The smallest absolute Gasteiger partial charge is 0.205 e. The second-order valence-corrected chi connectivity index (χ2v) is 7.48. The zero-order valence-electron chi connectivity index (χ0n) is 12.7. The Morgan fingerprint density at radius 3 is 2.22 bits per heavy atom.